The van der Waals surface area contributed by atoms with Crippen molar-refractivity contribution in [3.05, 3.63) is 29.0 Å². The smallest absolute Gasteiger partial charge is 0.141 e. The second kappa shape index (κ2) is 5.77. The number of piperazine rings is 1. The van der Waals surface area contributed by atoms with Crippen molar-refractivity contribution < 1.29 is 4.39 Å². The fraction of sp³-hybridized carbons (Fsp3) is 0.647. The molecule has 1 aromatic carbocycles. The summed E-state index contributed by atoms with van der Waals surface area (Å²) >= 11 is 5.99. The standard InChI is InChI=1S/C17H24ClFN2/c1-12(2)16-10-20-17(7-3-4-8-17)11-21(16)13-5-6-15(19)14(18)9-13/h5-6,9,12,16,20H,3-4,7-8,10-11H2,1-2H3. The van der Waals surface area contributed by atoms with Gasteiger partial charge in [0, 0.05) is 30.4 Å². The number of benzene rings is 1. The van der Waals surface area contributed by atoms with Crippen LogP contribution in [-0.2, 0) is 0 Å². The fourth-order valence-electron chi connectivity index (χ4n) is 3.86. The van der Waals surface area contributed by atoms with Crippen LogP contribution in [0.5, 0.6) is 0 Å². The Morgan fingerprint density at radius 2 is 2.05 bits per heavy atom. The molecule has 1 aromatic rings. The Labute approximate surface area is 131 Å². The molecule has 1 saturated heterocycles. The maximum Gasteiger partial charge on any atom is 0.141 e. The van der Waals surface area contributed by atoms with Crippen LogP contribution in [0.1, 0.15) is 39.5 Å². The average molecular weight is 311 g/mol. The van der Waals surface area contributed by atoms with Crippen LogP contribution in [-0.4, -0.2) is 24.7 Å². The van der Waals surface area contributed by atoms with Gasteiger partial charge in [-0.1, -0.05) is 38.3 Å². The Kier molecular flexibility index (Phi) is 4.15. The molecule has 1 unspecified atom stereocenters. The minimum atomic E-state index is -0.341. The minimum absolute atomic E-state index is 0.217. The van der Waals surface area contributed by atoms with E-state index in [-0.39, 0.29) is 16.4 Å². The number of hydrogen-bond donors (Lipinski definition) is 1. The SMILES string of the molecule is CC(C)C1CNC2(CCCC2)CN1c1ccc(F)c(Cl)c1. The van der Waals surface area contributed by atoms with E-state index in [1.54, 1.807) is 6.07 Å². The van der Waals surface area contributed by atoms with Crippen molar-refractivity contribution in [2.45, 2.75) is 51.1 Å². The lowest BCUT2D eigenvalue weighted by Gasteiger charge is -2.49. The van der Waals surface area contributed by atoms with Crippen LogP contribution >= 0.6 is 11.6 Å². The summed E-state index contributed by atoms with van der Waals surface area (Å²) in [6.07, 6.45) is 5.08. The van der Waals surface area contributed by atoms with Crippen molar-refractivity contribution in [3.8, 4) is 0 Å². The molecule has 2 aliphatic rings. The highest BCUT2D eigenvalue weighted by atomic mass is 35.5. The number of anilines is 1. The van der Waals surface area contributed by atoms with E-state index in [0.29, 0.717) is 12.0 Å². The molecular formula is C17H24ClFN2. The zero-order chi connectivity index (χ0) is 15.0. The third kappa shape index (κ3) is 2.91. The summed E-state index contributed by atoms with van der Waals surface area (Å²) in [6.45, 7) is 6.48. The molecule has 2 fully saturated rings. The number of hydrogen-bond acceptors (Lipinski definition) is 2. The summed E-state index contributed by atoms with van der Waals surface area (Å²) in [7, 11) is 0. The first-order valence-corrected chi connectivity index (χ1v) is 8.35. The Morgan fingerprint density at radius 3 is 2.67 bits per heavy atom. The van der Waals surface area contributed by atoms with Crippen LogP contribution in [0.25, 0.3) is 0 Å². The molecule has 1 spiro atoms. The van der Waals surface area contributed by atoms with E-state index in [4.69, 9.17) is 11.6 Å². The van der Waals surface area contributed by atoms with E-state index in [1.807, 2.05) is 6.07 Å². The van der Waals surface area contributed by atoms with E-state index in [1.165, 1.54) is 31.7 Å². The summed E-state index contributed by atoms with van der Waals surface area (Å²) in [5, 5.41) is 4.02. The molecule has 1 atom stereocenters. The molecular weight excluding hydrogens is 287 g/mol. The summed E-state index contributed by atoms with van der Waals surface area (Å²) in [4.78, 5) is 2.44. The van der Waals surface area contributed by atoms with E-state index in [0.717, 1.165) is 18.8 Å². The molecule has 0 amide bonds. The highest BCUT2D eigenvalue weighted by molar-refractivity contribution is 6.31. The highest BCUT2D eigenvalue weighted by Crippen LogP contribution is 2.37. The maximum atomic E-state index is 13.5. The third-order valence-electron chi connectivity index (χ3n) is 5.12. The van der Waals surface area contributed by atoms with Crippen molar-refractivity contribution in [1.82, 2.24) is 5.32 Å². The van der Waals surface area contributed by atoms with Gasteiger partial charge in [-0.15, -0.1) is 0 Å². The summed E-state index contributed by atoms with van der Waals surface area (Å²) in [6, 6.07) is 5.56. The van der Waals surface area contributed by atoms with E-state index >= 15 is 0 Å². The molecule has 116 valence electrons. The normalized spacial score (nSPS) is 25.0. The Hall–Kier alpha value is -0.800. The number of rotatable bonds is 2. The number of halogens is 2. The van der Waals surface area contributed by atoms with Gasteiger partial charge in [-0.05, 0) is 37.0 Å². The fourth-order valence-corrected chi connectivity index (χ4v) is 4.03. The third-order valence-corrected chi connectivity index (χ3v) is 5.41. The summed E-state index contributed by atoms with van der Waals surface area (Å²) < 4.78 is 13.5. The molecule has 0 radical (unpaired) electrons. The zero-order valence-electron chi connectivity index (χ0n) is 12.8. The number of nitrogens with one attached hydrogen (secondary N) is 1. The first kappa shape index (κ1) is 15.1. The quantitative estimate of drug-likeness (QED) is 0.879. The van der Waals surface area contributed by atoms with Gasteiger partial charge in [-0.3, -0.25) is 0 Å². The molecule has 1 aliphatic heterocycles. The van der Waals surface area contributed by atoms with E-state index in [2.05, 4.69) is 24.1 Å². The Balaban J connectivity index is 1.91. The average Bonchev–Trinajstić information content (AvgIpc) is 2.89. The topological polar surface area (TPSA) is 15.3 Å². The Bertz CT molecular complexity index is 512. The molecule has 1 heterocycles. The lowest BCUT2D eigenvalue weighted by molar-refractivity contribution is 0.245. The lowest BCUT2D eigenvalue weighted by Crippen LogP contribution is -2.64. The number of nitrogens with zero attached hydrogens (tertiary/aromatic N) is 1. The van der Waals surface area contributed by atoms with Crippen LogP contribution in [0.3, 0.4) is 0 Å². The maximum absolute atomic E-state index is 13.5. The predicted octanol–water partition coefficient (Wildman–Crippen LogP) is 4.23. The monoisotopic (exact) mass is 310 g/mol. The highest BCUT2D eigenvalue weighted by Gasteiger charge is 2.41. The first-order valence-electron chi connectivity index (χ1n) is 7.97. The van der Waals surface area contributed by atoms with Gasteiger partial charge in [0.1, 0.15) is 5.82 Å². The molecule has 21 heavy (non-hydrogen) atoms. The van der Waals surface area contributed by atoms with Gasteiger partial charge < -0.3 is 10.2 Å². The predicted molar refractivity (Wildman–Crippen MR) is 86.6 cm³/mol. The van der Waals surface area contributed by atoms with E-state index in [9.17, 15) is 4.39 Å². The lowest BCUT2D eigenvalue weighted by atomic mass is 9.88. The molecule has 1 aliphatic carbocycles. The Morgan fingerprint density at radius 1 is 1.33 bits per heavy atom. The van der Waals surface area contributed by atoms with Gasteiger partial charge in [0.2, 0.25) is 0 Å². The van der Waals surface area contributed by atoms with Gasteiger partial charge in [0.25, 0.3) is 0 Å². The van der Waals surface area contributed by atoms with Crippen molar-refractivity contribution in [2.75, 3.05) is 18.0 Å². The largest absolute Gasteiger partial charge is 0.365 e. The van der Waals surface area contributed by atoms with E-state index < -0.39 is 0 Å². The minimum Gasteiger partial charge on any atom is -0.365 e. The van der Waals surface area contributed by atoms with Crippen LogP contribution in [0, 0.1) is 11.7 Å². The molecule has 3 rings (SSSR count). The van der Waals surface area contributed by atoms with Gasteiger partial charge in [-0.25, -0.2) is 4.39 Å². The molecule has 4 heteroatoms. The van der Waals surface area contributed by atoms with Crippen LogP contribution in [0.15, 0.2) is 18.2 Å². The van der Waals surface area contributed by atoms with Gasteiger partial charge in [-0.2, -0.15) is 0 Å². The van der Waals surface area contributed by atoms with Gasteiger partial charge >= 0.3 is 0 Å². The van der Waals surface area contributed by atoms with Gasteiger partial charge in [0.15, 0.2) is 0 Å². The molecule has 1 saturated carbocycles. The first-order chi connectivity index (χ1) is 10.0. The zero-order valence-corrected chi connectivity index (χ0v) is 13.6. The molecule has 2 nitrogen and oxygen atoms in total. The van der Waals surface area contributed by atoms with Crippen LogP contribution < -0.4 is 10.2 Å². The van der Waals surface area contributed by atoms with Crippen molar-refractivity contribution in [2.24, 2.45) is 5.92 Å². The molecule has 1 N–H and O–H groups in total. The van der Waals surface area contributed by atoms with Crippen molar-refractivity contribution in [1.29, 1.82) is 0 Å². The summed E-state index contributed by atoms with van der Waals surface area (Å²) in [5.41, 5.74) is 1.29. The summed E-state index contributed by atoms with van der Waals surface area (Å²) in [5.74, 6) is 0.201. The second-order valence-electron chi connectivity index (χ2n) is 6.91. The van der Waals surface area contributed by atoms with Crippen molar-refractivity contribution >= 4 is 17.3 Å². The van der Waals surface area contributed by atoms with Crippen LogP contribution in [0.4, 0.5) is 10.1 Å². The van der Waals surface area contributed by atoms with Gasteiger partial charge in [0.05, 0.1) is 5.02 Å². The van der Waals surface area contributed by atoms with Crippen LogP contribution in [0.2, 0.25) is 5.02 Å². The van der Waals surface area contributed by atoms with Crippen molar-refractivity contribution in [3.63, 3.8) is 0 Å². The molecule has 0 aromatic heterocycles. The second-order valence-corrected chi connectivity index (χ2v) is 7.31. The molecule has 0 bridgehead atoms.